The maximum Gasteiger partial charge on any atom is 0.326 e. The second-order valence-electron chi connectivity index (χ2n) is 9.68. The lowest BCUT2D eigenvalue weighted by molar-refractivity contribution is -0.142. The molecule has 2 amide bonds. The number of aromatic nitrogens is 2. The summed E-state index contributed by atoms with van der Waals surface area (Å²) < 4.78 is 0. The van der Waals surface area contributed by atoms with Crippen molar-refractivity contribution >= 4 is 45.5 Å². The van der Waals surface area contributed by atoms with Gasteiger partial charge in [-0.05, 0) is 42.5 Å². The van der Waals surface area contributed by atoms with Gasteiger partial charge in [0, 0.05) is 47.2 Å². The van der Waals surface area contributed by atoms with Crippen molar-refractivity contribution in [2.45, 2.75) is 43.8 Å². The number of carboxylic acids is 1. The lowest BCUT2D eigenvalue weighted by Gasteiger charge is -2.23. The van der Waals surface area contributed by atoms with Crippen LogP contribution in [0.25, 0.3) is 21.8 Å². The Hall–Kier alpha value is -4.84. The number of nitrogens with one attached hydrogen (secondary N) is 6. The van der Waals surface area contributed by atoms with Crippen molar-refractivity contribution in [2.24, 2.45) is 11.5 Å². The molecule has 0 aliphatic heterocycles. The SMILES string of the molecule is N=C(N)NCCC[C@H](NC(=O)[C@@H](N)Cc1c[nH]c2ccccc12)C(=O)N[C@@H](Cc1c[nH]c2ccccc12)C(=O)O. The molecule has 0 aliphatic carbocycles. The van der Waals surface area contributed by atoms with Crippen molar-refractivity contribution in [2.75, 3.05) is 6.54 Å². The average Bonchev–Trinajstić information content (AvgIpc) is 3.53. The van der Waals surface area contributed by atoms with E-state index in [-0.39, 0.29) is 25.2 Å². The maximum atomic E-state index is 13.3. The quantitative estimate of drug-likeness (QED) is 0.0675. The van der Waals surface area contributed by atoms with E-state index in [1.165, 1.54) is 0 Å². The van der Waals surface area contributed by atoms with Crippen LogP contribution in [-0.2, 0) is 27.2 Å². The van der Waals surface area contributed by atoms with Gasteiger partial charge in [-0.25, -0.2) is 4.79 Å². The van der Waals surface area contributed by atoms with Gasteiger partial charge in [0.05, 0.1) is 6.04 Å². The summed E-state index contributed by atoms with van der Waals surface area (Å²) >= 11 is 0. The molecule has 3 atom stereocenters. The minimum atomic E-state index is -1.22. The number of hydrogen-bond donors (Lipinski definition) is 9. The first-order chi connectivity index (χ1) is 19.2. The molecule has 0 bridgehead atoms. The largest absolute Gasteiger partial charge is 0.480 e. The van der Waals surface area contributed by atoms with Crippen LogP contribution < -0.4 is 27.4 Å². The van der Waals surface area contributed by atoms with E-state index in [0.29, 0.717) is 13.0 Å². The summed E-state index contributed by atoms with van der Waals surface area (Å²) in [5, 5.41) is 26.9. The molecule has 11 N–H and O–H groups in total. The van der Waals surface area contributed by atoms with Crippen LogP contribution in [0.3, 0.4) is 0 Å². The Balaban J connectivity index is 1.44. The number of fused-ring (bicyclic) bond motifs is 2. The van der Waals surface area contributed by atoms with Gasteiger partial charge in [-0.1, -0.05) is 36.4 Å². The molecule has 0 radical (unpaired) electrons. The Morgan fingerprint density at radius 1 is 0.850 bits per heavy atom. The minimum absolute atomic E-state index is 0.0533. The maximum absolute atomic E-state index is 13.3. The molecular weight excluding hydrogens is 512 g/mol. The summed E-state index contributed by atoms with van der Waals surface area (Å²) in [4.78, 5) is 44.7. The summed E-state index contributed by atoms with van der Waals surface area (Å²) in [7, 11) is 0. The van der Waals surface area contributed by atoms with E-state index in [0.717, 1.165) is 32.9 Å². The zero-order valence-electron chi connectivity index (χ0n) is 21.9. The Morgan fingerprint density at radius 3 is 1.98 bits per heavy atom. The molecule has 4 rings (SSSR count). The molecule has 12 heteroatoms. The number of para-hydroxylation sites is 2. The Labute approximate surface area is 230 Å². The monoisotopic (exact) mass is 546 g/mol. The summed E-state index contributed by atoms with van der Waals surface area (Å²) in [6.45, 7) is 0.300. The second-order valence-corrected chi connectivity index (χ2v) is 9.68. The smallest absolute Gasteiger partial charge is 0.326 e. The van der Waals surface area contributed by atoms with Gasteiger partial charge in [-0.15, -0.1) is 0 Å². The number of carbonyl (C=O) groups excluding carboxylic acids is 2. The van der Waals surface area contributed by atoms with Crippen molar-refractivity contribution in [3.05, 3.63) is 72.1 Å². The molecule has 0 aliphatic rings. The van der Waals surface area contributed by atoms with Crippen LogP contribution in [0.15, 0.2) is 60.9 Å². The van der Waals surface area contributed by atoms with Crippen LogP contribution in [0.2, 0.25) is 0 Å². The van der Waals surface area contributed by atoms with Gasteiger partial charge in [0.15, 0.2) is 5.96 Å². The van der Waals surface area contributed by atoms with Gasteiger partial charge >= 0.3 is 5.97 Å². The van der Waals surface area contributed by atoms with Crippen molar-refractivity contribution in [3.8, 4) is 0 Å². The highest BCUT2D eigenvalue weighted by Gasteiger charge is 2.29. The normalized spacial score (nSPS) is 13.4. The first-order valence-electron chi connectivity index (χ1n) is 13.0. The number of amides is 2. The third-order valence-corrected chi connectivity index (χ3v) is 6.78. The average molecular weight is 547 g/mol. The van der Waals surface area contributed by atoms with E-state index in [4.69, 9.17) is 16.9 Å². The molecule has 2 heterocycles. The van der Waals surface area contributed by atoms with E-state index in [9.17, 15) is 19.5 Å². The van der Waals surface area contributed by atoms with Gasteiger partial charge in [0.25, 0.3) is 0 Å². The number of carboxylic acid groups (broad SMARTS) is 1. The topological polar surface area (TPSA) is 215 Å². The number of hydrogen-bond acceptors (Lipinski definition) is 5. The van der Waals surface area contributed by atoms with Gasteiger partial charge in [-0.3, -0.25) is 15.0 Å². The summed E-state index contributed by atoms with van der Waals surface area (Å²) in [5.41, 5.74) is 15.0. The fourth-order valence-electron chi connectivity index (χ4n) is 4.70. The highest BCUT2D eigenvalue weighted by atomic mass is 16.4. The van der Waals surface area contributed by atoms with Gasteiger partial charge in [0.2, 0.25) is 11.8 Å². The number of aliphatic carboxylic acids is 1. The number of guanidine groups is 1. The van der Waals surface area contributed by atoms with E-state index < -0.39 is 35.9 Å². The highest BCUT2D eigenvalue weighted by Crippen LogP contribution is 2.20. The molecule has 0 saturated heterocycles. The Morgan fingerprint density at radius 2 is 1.40 bits per heavy atom. The molecule has 0 spiro atoms. The first-order valence-corrected chi connectivity index (χ1v) is 13.0. The molecule has 0 saturated carbocycles. The summed E-state index contributed by atoms with van der Waals surface area (Å²) in [6, 6.07) is 11.9. The minimum Gasteiger partial charge on any atom is -0.480 e. The molecule has 2 aromatic carbocycles. The van der Waals surface area contributed by atoms with Crippen molar-refractivity contribution in [3.63, 3.8) is 0 Å². The third kappa shape index (κ3) is 6.97. The molecule has 40 heavy (non-hydrogen) atoms. The lowest BCUT2D eigenvalue weighted by Crippen LogP contribution is -2.55. The van der Waals surface area contributed by atoms with E-state index in [1.807, 2.05) is 48.5 Å². The highest BCUT2D eigenvalue weighted by molar-refractivity contribution is 5.93. The standard InChI is InChI=1S/C28H34N8O4/c29-20(12-16-14-33-21-8-3-1-6-18(16)21)25(37)35-23(10-5-11-32-28(30)31)26(38)36-24(27(39)40)13-17-15-34-22-9-4-2-7-19(17)22/h1-4,6-9,14-15,20,23-24,33-34H,5,10-13,29H2,(H,35,37)(H,36,38)(H,39,40)(H4,30,31,32)/t20-,23-,24-/m0/s1. The molecule has 0 fully saturated rings. The number of aromatic amines is 2. The molecular formula is C28H34N8O4. The molecule has 2 aromatic heterocycles. The number of carbonyl (C=O) groups is 3. The van der Waals surface area contributed by atoms with Crippen molar-refractivity contribution in [1.29, 1.82) is 5.41 Å². The van der Waals surface area contributed by atoms with Gasteiger partial charge in [-0.2, -0.15) is 0 Å². The van der Waals surface area contributed by atoms with Crippen molar-refractivity contribution < 1.29 is 19.5 Å². The van der Waals surface area contributed by atoms with Crippen LogP contribution in [0, 0.1) is 5.41 Å². The number of nitrogens with two attached hydrogens (primary N) is 2. The first kappa shape index (κ1) is 28.2. The summed E-state index contributed by atoms with van der Waals surface area (Å²) in [6.07, 6.45) is 4.39. The fraction of sp³-hybridized carbons (Fsp3) is 0.286. The second kappa shape index (κ2) is 12.8. The predicted octanol–water partition coefficient (Wildman–Crippen LogP) is 1.08. The van der Waals surface area contributed by atoms with Crippen LogP contribution in [0.5, 0.6) is 0 Å². The molecule has 210 valence electrons. The van der Waals surface area contributed by atoms with Gasteiger partial charge in [0.1, 0.15) is 12.1 Å². The third-order valence-electron chi connectivity index (χ3n) is 6.78. The zero-order chi connectivity index (χ0) is 28.6. The zero-order valence-corrected chi connectivity index (χ0v) is 21.9. The number of H-pyrrole nitrogens is 2. The lowest BCUT2D eigenvalue weighted by atomic mass is 10.0. The molecule has 4 aromatic rings. The van der Waals surface area contributed by atoms with Crippen LogP contribution in [0.1, 0.15) is 24.0 Å². The number of rotatable bonds is 13. The van der Waals surface area contributed by atoms with Gasteiger partial charge < -0.3 is 42.5 Å². The van der Waals surface area contributed by atoms with E-state index >= 15 is 0 Å². The molecule has 12 nitrogen and oxygen atoms in total. The van der Waals surface area contributed by atoms with Crippen LogP contribution >= 0.6 is 0 Å². The number of benzene rings is 2. The fourth-order valence-corrected chi connectivity index (χ4v) is 4.70. The Kier molecular flexibility index (Phi) is 9.02. The summed E-state index contributed by atoms with van der Waals surface area (Å²) in [5.74, 6) is -2.58. The predicted molar refractivity (Wildman–Crippen MR) is 153 cm³/mol. The van der Waals surface area contributed by atoms with E-state index in [2.05, 4.69) is 25.9 Å². The van der Waals surface area contributed by atoms with E-state index in [1.54, 1.807) is 12.4 Å². The molecule has 0 unspecified atom stereocenters. The van der Waals surface area contributed by atoms with Crippen molar-refractivity contribution in [1.82, 2.24) is 25.9 Å². The van der Waals surface area contributed by atoms with Crippen LogP contribution in [0.4, 0.5) is 0 Å². The van der Waals surface area contributed by atoms with Crippen LogP contribution in [-0.4, -0.2) is 63.5 Å². The Bertz CT molecular complexity index is 1510.